The van der Waals surface area contributed by atoms with Crippen molar-refractivity contribution in [3.05, 3.63) is 65.5 Å². The van der Waals surface area contributed by atoms with Crippen LogP contribution in [0.2, 0.25) is 0 Å². The van der Waals surface area contributed by atoms with Gasteiger partial charge in [-0.2, -0.15) is 0 Å². The second-order valence-corrected chi connectivity index (χ2v) is 4.98. The molecule has 0 spiro atoms. The molecule has 0 fully saturated rings. The van der Waals surface area contributed by atoms with Crippen molar-refractivity contribution in [2.45, 2.75) is 20.0 Å². The fourth-order valence-electron chi connectivity index (χ4n) is 2.03. The van der Waals surface area contributed by atoms with Gasteiger partial charge in [0.1, 0.15) is 5.82 Å². The molecule has 0 saturated carbocycles. The van der Waals surface area contributed by atoms with E-state index < -0.39 is 0 Å². The predicted molar refractivity (Wildman–Crippen MR) is 82.3 cm³/mol. The van der Waals surface area contributed by atoms with Gasteiger partial charge in [0, 0.05) is 38.3 Å². The largest absolute Gasteiger partial charge is 0.381 e. The lowest BCUT2D eigenvalue weighted by Gasteiger charge is -2.18. The first kappa shape index (κ1) is 15.0. The molecule has 0 aromatic heterocycles. The normalized spacial score (nSPS) is 10.2. The second kappa shape index (κ2) is 6.88. The van der Waals surface area contributed by atoms with E-state index in [0.29, 0.717) is 18.7 Å². The SMILES string of the molecule is CC(=O)N(C)Cc1ccccc1NCc1ccccc1F. The van der Waals surface area contributed by atoms with Gasteiger partial charge in [-0.15, -0.1) is 0 Å². The van der Waals surface area contributed by atoms with E-state index in [1.165, 1.54) is 13.0 Å². The molecule has 2 aromatic rings. The average Bonchev–Trinajstić information content (AvgIpc) is 2.47. The van der Waals surface area contributed by atoms with Crippen molar-refractivity contribution < 1.29 is 9.18 Å². The van der Waals surface area contributed by atoms with Crippen LogP contribution in [0.25, 0.3) is 0 Å². The Morgan fingerprint density at radius 1 is 1.10 bits per heavy atom. The lowest BCUT2D eigenvalue weighted by Crippen LogP contribution is -2.23. The summed E-state index contributed by atoms with van der Waals surface area (Å²) < 4.78 is 13.6. The van der Waals surface area contributed by atoms with Crippen LogP contribution in [0.4, 0.5) is 10.1 Å². The summed E-state index contributed by atoms with van der Waals surface area (Å²) in [6.07, 6.45) is 0. The van der Waals surface area contributed by atoms with E-state index >= 15 is 0 Å². The van der Waals surface area contributed by atoms with Crippen LogP contribution >= 0.6 is 0 Å². The third-order valence-corrected chi connectivity index (χ3v) is 3.39. The summed E-state index contributed by atoms with van der Waals surface area (Å²) in [6.45, 7) is 2.47. The van der Waals surface area contributed by atoms with Gasteiger partial charge in [-0.3, -0.25) is 4.79 Å². The van der Waals surface area contributed by atoms with E-state index in [4.69, 9.17) is 0 Å². The molecule has 3 nitrogen and oxygen atoms in total. The summed E-state index contributed by atoms with van der Waals surface area (Å²) in [5.74, 6) is -0.206. The summed E-state index contributed by atoms with van der Waals surface area (Å²) in [4.78, 5) is 13.0. The zero-order valence-electron chi connectivity index (χ0n) is 12.3. The highest BCUT2D eigenvalue weighted by molar-refractivity contribution is 5.73. The third kappa shape index (κ3) is 4.05. The molecule has 0 aliphatic carbocycles. The summed E-state index contributed by atoms with van der Waals surface area (Å²) >= 11 is 0. The van der Waals surface area contributed by atoms with E-state index in [2.05, 4.69) is 5.32 Å². The summed E-state index contributed by atoms with van der Waals surface area (Å²) in [6, 6.07) is 14.4. The molecular formula is C17H19FN2O. The van der Waals surface area contributed by atoms with Crippen molar-refractivity contribution in [3.63, 3.8) is 0 Å². The Morgan fingerprint density at radius 3 is 2.38 bits per heavy atom. The lowest BCUT2D eigenvalue weighted by molar-refractivity contribution is -0.128. The van der Waals surface area contributed by atoms with Crippen molar-refractivity contribution in [3.8, 4) is 0 Å². The van der Waals surface area contributed by atoms with Crippen molar-refractivity contribution in [2.75, 3.05) is 12.4 Å². The highest BCUT2D eigenvalue weighted by Gasteiger charge is 2.08. The molecule has 21 heavy (non-hydrogen) atoms. The van der Waals surface area contributed by atoms with Crippen LogP contribution < -0.4 is 5.32 Å². The molecule has 2 aromatic carbocycles. The Balaban J connectivity index is 2.10. The molecule has 2 rings (SSSR count). The Labute approximate surface area is 124 Å². The van der Waals surface area contributed by atoms with Gasteiger partial charge in [-0.05, 0) is 17.7 Å². The first-order chi connectivity index (χ1) is 10.1. The number of para-hydroxylation sites is 1. The zero-order chi connectivity index (χ0) is 15.2. The zero-order valence-corrected chi connectivity index (χ0v) is 12.3. The van der Waals surface area contributed by atoms with Crippen LogP contribution in [-0.4, -0.2) is 17.9 Å². The number of halogens is 1. The molecular weight excluding hydrogens is 267 g/mol. The van der Waals surface area contributed by atoms with Gasteiger partial charge in [0.05, 0.1) is 0 Å². The van der Waals surface area contributed by atoms with E-state index in [-0.39, 0.29) is 11.7 Å². The molecule has 110 valence electrons. The molecule has 0 bridgehead atoms. The monoisotopic (exact) mass is 286 g/mol. The van der Waals surface area contributed by atoms with Crippen LogP contribution in [0.15, 0.2) is 48.5 Å². The van der Waals surface area contributed by atoms with Crippen molar-refractivity contribution in [2.24, 2.45) is 0 Å². The summed E-state index contributed by atoms with van der Waals surface area (Å²) in [7, 11) is 1.76. The minimum Gasteiger partial charge on any atom is -0.381 e. The molecule has 0 unspecified atom stereocenters. The maximum absolute atomic E-state index is 13.6. The first-order valence-corrected chi connectivity index (χ1v) is 6.85. The number of rotatable bonds is 5. The Bertz CT molecular complexity index is 628. The maximum atomic E-state index is 13.6. The number of carbonyl (C=O) groups excluding carboxylic acids is 1. The number of hydrogen-bond acceptors (Lipinski definition) is 2. The van der Waals surface area contributed by atoms with E-state index in [0.717, 1.165) is 11.3 Å². The van der Waals surface area contributed by atoms with Gasteiger partial charge in [0.15, 0.2) is 0 Å². The quantitative estimate of drug-likeness (QED) is 0.913. The molecule has 0 radical (unpaired) electrons. The van der Waals surface area contributed by atoms with Gasteiger partial charge in [0.25, 0.3) is 0 Å². The second-order valence-electron chi connectivity index (χ2n) is 4.98. The first-order valence-electron chi connectivity index (χ1n) is 6.85. The number of amides is 1. The number of anilines is 1. The van der Waals surface area contributed by atoms with Crippen LogP contribution in [0.5, 0.6) is 0 Å². The molecule has 0 aliphatic heterocycles. The smallest absolute Gasteiger partial charge is 0.219 e. The Hall–Kier alpha value is -2.36. The topological polar surface area (TPSA) is 32.3 Å². The number of hydrogen-bond donors (Lipinski definition) is 1. The maximum Gasteiger partial charge on any atom is 0.219 e. The Kier molecular flexibility index (Phi) is 4.93. The molecule has 0 aliphatic rings. The molecule has 1 amide bonds. The van der Waals surface area contributed by atoms with Gasteiger partial charge in [0.2, 0.25) is 5.91 Å². The Morgan fingerprint density at radius 2 is 1.71 bits per heavy atom. The number of benzene rings is 2. The molecule has 1 N–H and O–H groups in total. The molecule has 0 atom stereocenters. The van der Waals surface area contributed by atoms with Crippen LogP contribution in [0, 0.1) is 5.82 Å². The molecule has 4 heteroatoms. The van der Waals surface area contributed by atoms with E-state index in [1.807, 2.05) is 30.3 Å². The molecule has 0 heterocycles. The summed E-state index contributed by atoms with van der Waals surface area (Å²) in [5, 5.41) is 3.24. The molecule has 0 saturated heterocycles. The lowest BCUT2D eigenvalue weighted by atomic mass is 10.1. The minimum absolute atomic E-state index is 0.0129. The summed E-state index contributed by atoms with van der Waals surface area (Å²) in [5.41, 5.74) is 2.53. The van der Waals surface area contributed by atoms with Crippen molar-refractivity contribution in [1.29, 1.82) is 0 Å². The van der Waals surface area contributed by atoms with E-state index in [9.17, 15) is 9.18 Å². The number of nitrogens with zero attached hydrogens (tertiary/aromatic N) is 1. The highest BCUT2D eigenvalue weighted by atomic mass is 19.1. The van der Waals surface area contributed by atoms with E-state index in [1.54, 1.807) is 24.1 Å². The number of carbonyl (C=O) groups is 1. The van der Waals surface area contributed by atoms with Crippen molar-refractivity contribution in [1.82, 2.24) is 4.90 Å². The fourth-order valence-corrected chi connectivity index (χ4v) is 2.03. The average molecular weight is 286 g/mol. The standard InChI is InChI=1S/C17H19FN2O/c1-13(21)20(2)12-15-8-4-6-10-17(15)19-11-14-7-3-5-9-16(14)18/h3-10,19H,11-12H2,1-2H3. The van der Waals surface area contributed by atoms with Gasteiger partial charge >= 0.3 is 0 Å². The van der Waals surface area contributed by atoms with Gasteiger partial charge < -0.3 is 10.2 Å². The van der Waals surface area contributed by atoms with Crippen LogP contribution in [0.1, 0.15) is 18.1 Å². The van der Waals surface area contributed by atoms with Crippen molar-refractivity contribution >= 4 is 11.6 Å². The van der Waals surface area contributed by atoms with Crippen LogP contribution in [-0.2, 0) is 17.9 Å². The van der Waals surface area contributed by atoms with Crippen LogP contribution in [0.3, 0.4) is 0 Å². The third-order valence-electron chi connectivity index (χ3n) is 3.39. The van der Waals surface area contributed by atoms with Gasteiger partial charge in [-0.25, -0.2) is 4.39 Å². The highest BCUT2D eigenvalue weighted by Crippen LogP contribution is 2.18. The predicted octanol–water partition coefficient (Wildman–Crippen LogP) is 3.42. The fraction of sp³-hybridized carbons (Fsp3) is 0.235. The van der Waals surface area contributed by atoms with Gasteiger partial charge in [-0.1, -0.05) is 36.4 Å². The minimum atomic E-state index is -0.219. The number of nitrogens with one attached hydrogen (secondary N) is 1.